The maximum absolute atomic E-state index is 13.1. The topological polar surface area (TPSA) is 71.0 Å². The van der Waals surface area contributed by atoms with Gasteiger partial charge in [0.2, 0.25) is 0 Å². The zero-order chi connectivity index (χ0) is 21.0. The molecule has 0 bridgehead atoms. The average molecular weight is 409 g/mol. The first-order valence-electron chi connectivity index (χ1n) is 10.6. The van der Waals surface area contributed by atoms with Crippen molar-refractivity contribution in [2.45, 2.75) is 19.4 Å². The molecule has 0 saturated carbocycles. The number of aromatic nitrogens is 3. The minimum atomic E-state index is -0.132. The number of nitrogens with one attached hydrogen (secondary N) is 1. The Labute approximate surface area is 181 Å². The van der Waals surface area contributed by atoms with Crippen molar-refractivity contribution >= 4 is 22.6 Å². The highest BCUT2D eigenvalue weighted by Crippen LogP contribution is 2.24. The van der Waals surface area contributed by atoms with Gasteiger partial charge in [-0.1, -0.05) is 24.3 Å². The van der Waals surface area contributed by atoms with Crippen LogP contribution in [0, 0.1) is 0 Å². The Hall–Kier alpha value is -3.80. The van der Waals surface area contributed by atoms with E-state index in [1.165, 1.54) is 12.8 Å². The number of nitrogens with zero attached hydrogens (tertiary/aromatic N) is 4. The van der Waals surface area contributed by atoms with Crippen LogP contribution in [0.3, 0.4) is 0 Å². The molecule has 0 radical (unpaired) electrons. The van der Waals surface area contributed by atoms with Gasteiger partial charge in [0.05, 0.1) is 16.8 Å². The summed E-state index contributed by atoms with van der Waals surface area (Å²) in [5, 5.41) is 3.87. The van der Waals surface area contributed by atoms with E-state index < -0.39 is 0 Å². The Kier molecular flexibility index (Phi) is 5.27. The van der Waals surface area contributed by atoms with Gasteiger partial charge in [0, 0.05) is 49.2 Å². The molecule has 4 aromatic rings. The molecule has 6 nitrogen and oxygen atoms in total. The largest absolute Gasteiger partial charge is 0.357 e. The highest BCUT2D eigenvalue weighted by Gasteiger charge is 2.15. The van der Waals surface area contributed by atoms with E-state index in [-0.39, 0.29) is 5.91 Å². The minimum absolute atomic E-state index is 0.132. The molecule has 1 aromatic carbocycles. The van der Waals surface area contributed by atoms with E-state index in [0.29, 0.717) is 12.1 Å². The lowest BCUT2D eigenvalue weighted by atomic mass is 10.0. The fraction of sp³-hybridized carbons (Fsp3) is 0.200. The minimum Gasteiger partial charge on any atom is -0.357 e. The molecule has 6 heteroatoms. The van der Waals surface area contributed by atoms with Crippen LogP contribution in [0.4, 0.5) is 5.82 Å². The Bertz CT molecular complexity index is 1200. The number of hydrogen-bond donors (Lipinski definition) is 1. The van der Waals surface area contributed by atoms with Gasteiger partial charge in [-0.15, -0.1) is 0 Å². The van der Waals surface area contributed by atoms with Crippen LogP contribution >= 0.6 is 0 Å². The van der Waals surface area contributed by atoms with Gasteiger partial charge in [0.25, 0.3) is 5.91 Å². The summed E-state index contributed by atoms with van der Waals surface area (Å²) in [6.07, 6.45) is 7.77. The van der Waals surface area contributed by atoms with Crippen LogP contribution in [0.25, 0.3) is 22.2 Å². The van der Waals surface area contributed by atoms with Crippen molar-refractivity contribution in [1.82, 2.24) is 20.3 Å². The molecule has 31 heavy (non-hydrogen) atoms. The number of amides is 1. The van der Waals surface area contributed by atoms with Crippen molar-refractivity contribution < 1.29 is 4.79 Å². The second-order valence-corrected chi connectivity index (χ2v) is 7.72. The summed E-state index contributed by atoms with van der Waals surface area (Å²) in [5.74, 6) is 0.876. The Morgan fingerprint density at radius 3 is 2.65 bits per heavy atom. The number of para-hydroxylation sites is 1. The molecule has 1 amide bonds. The molecule has 0 aliphatic carbocycles. The Morgan fingerprint density at radius 2 is 1.87 bits per heavy atom. The number of hydrogen-bond acceptors (Lipinski definition) is 5. The predicted octanol–water partition coefficient (Wildman–Crippen LogP) is 4.22. The molecule has 3 aromatic heterocycles. The highest BCUT2D eigenvalue weighted by molar-refractivity contribution is 6.07. The molecule has 0 unspecified atom stereocenters. The van der Waals surface area contributed by atoms with Crippen LogP contribution in [0.15, 0.2) is 73.2 Å². The summed E-state index contributed by atoms with van der Waals surface area (Å²) in [6.45, 7) is 2.56. The maximum atomic E-state index is 13.1. The smallest absolute Gasteiger partial charge is 0.252 e. The SMILES string of the molecule is O=C(NCc1ccc(N2CCCC2)nc1)c1cc(-c2cccnc2)nc2ccccc12. The van der Waals surface area contributed by atoms with Gasteiger partial charge in [-0.2, -0.15) is 0 Å². The van der Waals surface area contributed by atoms with E-state index in [4.69, 9.17) is 4.98 Å². The standard InChI is InChI=1S/C25H23N5O/c31-25(28-16-18-9-10-24(27-15-18)30-12-3-4-13-30)21-14-23(19-6-5-11-26-17-19)29-22-8-2-1-7-20(21)22/h1-2,5-11,14-15,17H,3-4,12-13,16H2,(H,28,31). The average Bonchev–Trinajstić information content (AvgIpc) is 3.38. The predicted molar refractivity (Wildman–Crippen MR) is 122 cm³/mol. The van der Waals surface area contributed by atoms with Crippen molar-refractivity contribution in [2.24, 2.45) is 0 Å². The molecule has 1 saturated heterocycles. The third kappa shape index (κ3) is 4.10. The van der Waals surface area contributed by atoms with Crippen LogP contribution in [0.1, 0.15) is 28.8 Å². The number of fused-ring (bicyclic) bond motifs is 1. The highest BCUT2D eigenvalue weighted by atomic mass is 16.1. The monoisotopic (exact) mass is 409 g/mol. The Morgan fingerprint density at radius 1 is 1.00 bits per heavy atom. The van der Waals surface area contributed by atoms with Crippen LogP contribution in [0.2, 0.25) is 0 Å². The molecule has 1 aliphatic heterocycles. The summed E-state index contributed by atoms with van der Waals surface area (Å²) in [4.78, 5) is 28.9. The number of carbonyl (C=O) groups is 1. The van der Waals surface area contributed by atoms with Gasteiger partial charge >= 0.3 is 0 Å². The second kappa shape index (κ2) is 8.52. The summed E-state index contributed by atoms with van der Waals surface area (Å²) in [6, 6.07) is 17.4. The maximum Gasteiger partial charge on any atom is 0.252 e. The third-order valence-corrected chi connectivity index (χ3v) is 5.61. The van der Waals surface area contributed by atoms with Crippen LogP contribution in [-0.4, -0.2) is 33.9 Å². The van der Waals surface area contributed by atoms with Crippen molar-refractivity contribution in [3.8, 4) is 11.3 Å². The van der Waals surface area contributed by atoms with E-state index in [9.17, 15) is 4.79 Å². The number of benzene rings is 1. The van der Waals surface area contributed by atoms with Gasteiger partial charge < -0.3 is 10.2 Å². The van der Waals surface area contributed by atoms with E-state index in [0.717, 1.165) is 46.6 Å². The molecule has 5 rings (SSSR count). The van der Waals surface area contributed by atoms with Gasteiger partial charge in [-0.25, -0.2) is 9.97 Å². The normalized spacial score (nSPS) is 13.5. The molecular weight excluding hydrogens is 386 g/mol. The molecule has 1 aliphatic rings. The fourth-order valence-electron chi connectivity index (χ4n) is 3.96. The summed E-state index contributed by atoms with van der Waals surface area (Å²) < 4.78 is 0. The van der Waals surface area contributed by atoms with Crippen molar-refractivity contribution in [1.29, 1.82) is 0 Å². The van der Waals surface area contributed by atoms with Gasteiger partial charge in [-0.3, -0.25) is 9.78 Å². The molecular formula is C25H23N5O. The van der Waals surface area contributed by atoms with Crippen LogP contribution < -0.4 is 10.2 Å². The van der Waals surface area contributed by atoms with Crippen molar-refractivity contribution in [3.63, 3.8) is 0 Å². The summed E-state index contributed by atoms with van der Waals surface area (Å²) in [7, 11) is 0. The quantitative estimate of drug-likeness (QED) is 0.534. The van der Waals surface area contributed by atoms with Crippen LogP contribution in [0.5, 0.6) is 0 Å². The summed E-state index contributed by atoms with van der Waals surface area (Å²) >= 11 is 0. The molecule has 0 spiro atoms. The van der Waals surface area contributed by atoms with E-state index in [1.54, 1.807) is 12.4 Å². The van der Waals surface area contributed by atoms with Gasteiger partial charge in [0.1, 0.15) is 5.82 Å². The van der Waals surface area contributed by atoms with E-state index in [1.807, 2.05) is 60.8 Å². The van der Waals surface area contributed by atoms with Crippen LogP contribution in [-0.2, 0) is 6.54 Å². The number of anilines is 1. The number of rotatable bonds is 5. The molecule has 154 valence electrons. The van der Waals surface area contributed by atoms with E-state index in [2.05, 4.69) is 20.2 Å². The zero-order valence-electron chi connectivity index (χ0n) is 17.2. The lowest BCUT2D eigenvalue weighted by molar-refractivity contribution is 0.0952. The number of pyridine rings is 3. The zero-order valence-corrected chi connectivity index (χ0v) is 17.2. The molecule has 0 atom stereocenters. The first kappa shape index (κ1) is 19.2. The first-order chi connectivity index (χ1) is 15.3. The molecule has 1 fully saturated rings. The second-order valence-electron chi connectivity index (χ2n) is 7.72. The number of carbonyl (C=O) groups excluding carboxylic acids is 1. The molecule has 4 heterocycles. The Balaban J connectivity index is 1.38. The lowest BCUT2D eigenvalue weighted by Gasteiger charge is -2.16. The van der Waals surface area contributed by atoms with Crippen molar-refractivity contribution in [2.75, 3.05) is 18.0 Å². The molecule has 1 N–H and O–H groups in total. The first-order valence-corrected chi connectivity index (χ1v) is 10.6. The lowest BCUT2D eigenvalue weighted by Crippen LogP contribution is -2.24. The van der Waals surface area contributed by atoms with Crippen molar-refractivity contribution in [3.05, 3.63) is 84.3 Å². The fourth-order valence-corrected chi connectivity index (χ4v) is 3.96. The summed E-state index contributed by atoms with van der Waals surface area (Å²) in [5.41, 5.74) is 3.97. The van der Waals surface area contributed by atoms with E-state index >= 15 is 0 Å². The van der Waals surface area contributed by atoms with Gasteiger partial charge in [-0.05, 0) is 48.7 Å². The van der Waals surface area contributed by atoms with Gasteiger partial charge in [0.15, 0.2) is 0 Å². The third-order valence-electron chi connectivity index (χ3n) is 5.61.